The third kappa shape index (κ3) is 4.34. The Hall–Kier alpha value is -1.31. The number of hydrogen-bond donors (Lipinski definition) is 2. The Morgan fingerprint density at radius 2 is 1.97 bits per heavy atom. The molecule has 164 valence electrons. The number of carbonyl (C=O) groups excluding carboxylic acids is 1. The van der Waals surface area contributed by atoms with Gasteiger partial charge in [-0.15, -0.1) is 24.0 Å². The van der Waals surface area contributed by atoms with E-state index in [1.807, 2.05) is 7.05 Å². The molecule has 30 heavy (non-hydrogen) atoms. The predicted molar refractivity (Wildman–Crippen MR) is 131 cm³/mol. The zero-order valence-corrected chi connectivity index (χ0v) is 20.3. The summed E-state index contributed by atoms with van der Waals surface area (Å²) >= 11 is 0. The molecule has 3 fully saturated rings. The number of nitrogens with one attached hydrogen (secondary N) is 2. The molecule has 0 bridgehead atoms. The third-order valence-electron chi connectivity index (χ3n) is 7.77. The third-order valence-corrected chi connectivity index (χ3v) is 7.77. The molecule has 1 heterocycles. The quantitative estimate of drug-likeness (QED) is 0.362. The van der Waals surface area contributed by atoms with E-state index in [0.717, 1.165) is 62.6 Å². The van der Waals surface area contributed by atoms with Gasteiger partial charge in [0.1, 0.15) is 0 Å². The van der Waals surface area contributed by atoms with Gasteiger partial charge in [0.05, 0.1) is 0 Å². The lowest BCUT2D eigenvalue weighted by Crippen LogP contribution is -2.46. The topological polar surface area (TPSA) is 56.7 Å². The van der Waals surface area contributed by atoms with Crippen molar-refractivity contribution in [3.8, 4) is 0 Å². The van der Waals surface area contributed by atoms with E-state index in [2.05, 4.69) is 44.8 Å². The second-order valence-corrected chi connectivity index (χ2v) is 9.44. The summed E-state index contributed by atoms with van der Waals surface area (Å²) in [6, 6.07) is 9.29. The Labute approximate surface area is 197 Å². The van der Waals surface area contributed by atoms with Gasteiger partial charge in [-0.3, -0.25) is 9.79 Å². The number of aliphatic imine (C=N–C) groups is 1. The summed E-state index contributed by atoms with van der Waals surface area (Å²) in [6.07, 6.45) is 8.18. The van der Waals surface area contributed by atoms with Gasteiger partial charge in [0.25, 0.3) is 0 Å². The lowest BCUT2D eigenvalue weighted by Gasteiger charge is -2.21. The molecule has 0 spiro atoms. The van der Waals surface area contributed by atoms with E-state index in [1.54, 1.807) is 11.1 Å². The molecule has 1 saturated heterocycles. The van der Waals surface area contributed by atoms with Crippen molar-refractivity contribution in [3.05, 3.63) is 35.4 Å². The minimum atomic E-state index is 0. The van der Waals surface area contributed by atoms with Crippen LogP contribution in [0.25, 0.3) is 0 Å². The Morgan fingerprint density at radius 1 is 1.17 bits per heavy atom. The minimum Gasteiger partial charge on any atom is -0.356 e. The van der Waals surface area contributed by atoms with Crippen LogP contribution in [0.4, 0.5) is 0 Å². The fraction of sp³-hybridized carbons (Fsp3) is 0.667. The molecule has 4 unspecified atom stereocenters. The van der Waals surface area contributed by atoms with Gasteiger partial charge >= 0.3 is 0 Å². The number of nitrogens with zero attached hydrogens (tertiary/aromatic N) is 2. The van der Waals surface area contributed by atoms with Gasteiger partial charge in [-0.05, 0) is 61.0 Å². The number of fused-ring (bicyclic) bond motifs is 3. The summed E-state index contributed by atoms with van der Waals surface area (Å²) in [7, 11) is 1.85. The molecule has 4 aliphatic rings. The average molecular weight is 522 g/mol. The van der Waals surface area contributed by atoms with Crippen molar-refractivity contribution in [1.82, 2.24) is 15.5 Å². The van der Waals surface area contributed by atoms with Crippen molar-refractivity contribution < 1.29 is 4.79 Å². The van der Waals surface area contributed by atoms with Crippen LogP contribution in [0.3, 0.4) is 0 Å². The van der Waals surface area contributed by atoms with E-state index in [9.17, 15) is 4.79 Å². The van der Waals surface area contributed by atoms with Crippen LogP contribution in [0.5, 0.6) is 0 Å². The van der Waals surface area contributed by atoms with E-state index < -0.39 is 0 Å². The van der Waals surface area contributed by atoms with Crippen molar-refractivity contribution in [2.45, 2.75) is 56.9 Å². The molecule has 5 rings (SSSR count). The Bertz CT molecular complexity index is 791. The molecule has 2 N–H and O–H groups in total. The van der Waals surface area contributed by atoms with Crippen molar-refractivity contribution in [2.75, 3.05) is 26.7 Å². The van der Waals surface area contributed by atoms with Crippen LogP contribution in [0.2, 0.25) is 0 Å². The van der Waals surface area contributed by atoms with Crippen molar-refractivity contribution in [1.29, 1.82) is 0 Å². The maximum absolute atomic E-state index is 12.7. The molecule has 1 aromatic carbocycles. The van der Waals surface area contributed by atoms with Gasteiger partial charge in [-0.2, -0.15) is 0 Å². The smallest absolute Gasteiger partial charge is 0.225 e. The number of benzene rings is 1. The summed E-state index contributed by atoms with van der Waals surface area (Å²) in [6.45, 7) is 2.69. The monoisotopic (exact) mass is 522 g/mol. The Balaban J connectivity index is 0.00000218. The molecular weight excluding hydrogens is 487 g/mol. The van der Waals surface area contributed by atoms with Gasteiger partial charge in [0.15, 0.2) is 5.96 Å². The van der Waals surface area contributed by atoms with Crippen LogP contribution in [-0.4, -0.2) is 49.5 Å². The van der Waals surface area contributed by atoms with E-state index in [1.165, 1.54) is 25.7 Å². The second-order valence-electron chi connectivity index (χ2n) is 9.44. The molecule has 0 radical (unpaired) electrons. The lowest BCUT2D eigenvalue weighted by molar-refractivity contribution is -0.134. The minimum absolute atomic E-state index is 0. The molecule has 1 aliphatic heterocycles. The first-order chi connectivity index (χ1) is 14.2. The summed E-state index contributed by atoms with van der Waals surface area (Å²) in [4.78, 5) is 19.2. The van der Waals surface area contributed by atoms with Crippen molar-refractivity contribution >= 4 is 35.8 Å². The molecule has 2 saturated carbocycles. The highest BCUT2D eigenvalue weighted by Crippen LogP contribution is 2.59. The number of amides is 1. The SMILES string of the molecule is CN=C(NCC1C2CCc3ccccc3C21)NC1CCN(C(=O)C2CCCC2)C1.I. The zero-order valence-electron chi connectivity index (χ0n) is 18.0. The highest BCUT2D eigenvalue weighted by atomic mass is 127. The molecule has 6 heteroatoms. The van der Waals surface area contributed by atoms with Gasteiger partial charge in [0.2, 0.25) is 5.91 Å². The largest absolute Gasteiger partial charge is 0.356 e. The van der Waals surface area contributed by atoms with E-state index in [0.29, 0.717) is 11.9 Å². The number of likely N-dealkylation sites (tertiary alicyclic amines) is 1. The number of halogens is 1. The summed E-state index contributed by atoms with van der Waals surface area (Å²) in [5, 5.41) is 7.15. The summed E-state index contributed by atoms with van der Waals surface area (Å²) < 4.78 is 0. The number of carbonyl (C=O) groups is 1. The fourth-order valence-corrected chi connectivity index (χ4v) is 6.10. The molecule has 3 aliphatic carbocycles. The van der Waals surface area contributed by atoms with Crippen LogP contribution in [0.15, 0.2) is 29.3 Å². The van der Waals surface area contributed by atoms with Crippen LogP contribution in [0, 0.1) is 17.8 Å². The number of hydrogen-bond acceptors (Lipinski definition) is 2. The average Bonchev–Trinajstić information content (AvgIpc) is 3.11. The fourth-order valence-electron chi connectivity index (χ4n) is 6.10. The second kappa shape index (κ2) is 9.45. The predicted octanol–water partition coefficient (Wildman–Crippen LogP) is 3.54. The lowest BCUT2D eigenvalue weighted by atomic mass is 9.92. The molecular formula is C24H35IN4O. The maximum Gasteiger partial charge on any atom is 0.225 e. The van der Waals surface area contributed by atoms with Gasteiger partial charge < -0.3 is 15.5 Å². The maximum atomic E-state index is 12.7. The molecule has 1 aromatic rings. The van der Waals surface area contributed by atoms with Crippen molar-refractivity contribution in [2.24, 2.45) is 22.7 Å². The highest BCUT2D eigenvalue weighted by Gasteiger charge is 2.52. The Morgan fingerprint density at radius 3 is 2.77 bits per heavy atom. The van der Waals surface area contributed by atoms with Crippen LogP contribution in [0.1, 0.15) is 55.6 Å². The standard InChI is InChI=1S/C24H34N4O.HI/c1-25-24(27-18-12-13-28(15-18)23(29)17-7-2-3-8-17)26-14-21-20-11-10-16-6-4-5-9-19(16)22(20)21;/h4-6,9,17-18,20-22H,2-3,7-8,10-15H2,1H3,(H2,25,26,27);1H. The van der Waals surface area contributed by atoms with E-state index >= 15 is 0 Å². The van der Waals surface area contributed by atoms with Crippen LogP contribution < -0.4 is 10.6 Å². The number of aryl methyl sites for hydroxylation is 1. The van der Waals surface area contributed by atoms with E-state index in [4.69, 9.17) is 0 Å². The first-order valence-electron chi connectivity index (χ1n) is 11.6. The summed E-state index contributed by atoms with van der Waals surface area (Å²) in [5.74, 6) is 3.85. The van der Waals surface area contributed by atoms with Crippen LogP contribution in [-0.2, 0) is 11.2 Å². The Kier molecular flexibility index (Phi) is 6.90. The van der Waals surface area contributed by atoms with Gasteiger partial charge in [-0.1, -0.05) is 37.1 Å². The van der Waals surface area contributed by atoms with Crippen LogP contribution >= 0.6 is 24.0 Å². The first-order valence-corrected chi connectivity index (χ1v) is 11.6. The first kappa shape index (κ1) is 21.9. The highest BCUT2D eigenvalue weighted by molar-refractivity contribution is 14.0. The molecule has 0 aromatic heterocycles. The zero-order chi connectivity index (χ0) is 19.8. The van der Waals surface area contributed by atoms with Gasteiger partial charge in [-0.25, -0.2) is 0 Å². The van der Waals surface area contributed by atoms with E-state index in [-0.39, 0.29) is 29.9 Å². The number of guanidine groups is 1. The number of rotatable bonds is 4. The molecule has 5 nitrogen and oxygen atoms in total. The van der Waals surface area contributed by atoms with Gasteiger partial charge in [0, 0.05) is 38.6 Å². The molecule has 4 atom stereocenters. The normalized spacial score (nSPS) is 30.3. The van der Waals surface area contributed by atoms with Crippen molar-refractivity contribution in [3.63, 3.8) is 0 Å². The molecule has 1 amide bonds. The summed E-state index contributed by atoms with van der Waals surface area (Å²) in [5.41, 5.74) is 3.13.